The van der Waals surface area contributed by atoms with Crippen molar-refractivity contribution in [2.24, 2.45) is 0 Å². The summed E-state index contributed by atoms with van der Waals surface area (Å²) in [5.41, 5.74) is -0.451. The molecule has 0 radical (unpaired) electrons. The largest absolute Gasteiger partial charge is 0.497 e. The Morgan fingerprint density at radius 3 is 2.41 bits per heavy atom. The first-order valence-electron chi connectivity index (χ1n) is 9.83. The number of hydrogen-bond donors (Lipinski definition) is 1. The molecule has 2 fully saturated rings. The molecule has 3 rings (SSSR count). The zero-order valence-electron chi connectivity index (χ0n) is 17.2. The molecule has 1 saturated heterocycles. The minimum absolute atomic E-state index is 0.0632. The minimum Gasteiger partial charge on any atom is -0.497 e. The zero-order valence-corrected chi connectivity index (χ0v) is 18.0. The molecule has 1 N–H and O–H groups in total. The van der Waals surface area contributed by atoms with Crippen molar-refractivity contribution in [3.8, 4) is 5.75 Å². The molecule has 160 valence electrons. The van der Waals surface area contributed by atoms with E-state index in [-0.39, 0.29) is 37.5 Å². The summed E-state index contributed by atoms with van der Waals surface area (Å²) in [6.45, 7) is 1.54. The van der Waals surface area contributed by atoms with Gasteiger partial charge in [-0.15, -0.1) is 0 Å². The molecule has 0 bridgehead atoms. The number of amides is 2. The summed E-state index contributed by atoms with van der Waals surface area (Å²) >= 11 is 0. The number of methoxy groups -OCH3 is 1. The number of sulfonamides is 1. The molecule has 1 heterocycles. The standard InChI is InChI=1S/C20H29N3O5S/c1-20(19(25)21-16-6-4-5-7-16)14-22(29(3,26)27)13-18(24)23(20)12-15-8-10-17(28-2)11-9-15/h8-11,16H,4-7,12-14H2,1-3H3,(H,21,25). The molecule has 1 aromatic rings. The molecule has 2 amide bonds. The third-order valence-corrected chi connectivity index (χ3v) is 7.04. The van der Waals surface area contributed by atoms with Crippen molar-refractivity contribution in [3.63, 3.8) is 0 Å². The Morgan fingerprint density at radius 2 is 1.86 bits per heavy atom. The highest BCUT2D eigenvalue weighted by Gasteiger charge is 2.49. The highest BCUT2D eigenvalue weighted by Crippen LogP contribution is 2.28. The van der Waals surface area contributed by atoms with Gasteiger partial charge in [-0.25, -0.2) is 8.42 Å². The number of carbonyl (C=O) groups excluding carboxylic acids is 2. The van der Waals surface area contributed by atoms with Crippen molar-refractivity contribution in [2.75, 3.05) is 26.5 Å². The van der Waals surface area contributed by atoms with Gasteiger partial charge in [0.2, 0.25) is 21.8 Å². The van der Waals surface area contributed by atoms with E-state index >= 15 is 0 Å². The molecule has 0 aromatic heterocycles. The molecule has 9 heteroatoms. The minimum atomic E-state index is -3.61. The van der Waals surface area contributed by atoms with Crippen molar-refractivity contribution in [3.05, 3.63) is 29.8 Å². The summed E-state index contributed by atoms with van der Waals surface area (Å²) in [7, 11) is -2.03. The lowest BCUT2D eigenvalue weighted by molar-refractivity contribution is -0.154. The zero-order chi connectivity index (χ0) is 21.2. The first-order chi connectivity index (χ1) is 13.6. The van der Waals surface area contributed by atoms with Crippen LogP contribution in [0.25, 0.3) is 0 Å². The fourth-order valence-electron chi connectivity index (χ4n) is 4.01. The SMILES string of the molecule is COc1ccc(CN2C(=O)CN(S(C)(=O)=O)CC2(C)C(=O)NC2CCCC2)cc1. The highest BCUT2D eigenvalue weighted by atomic mass is 32.2. The smallest absolute Gasteiger partial charge is 0.247 e. The van der Waals surface area contributed by atoms with Crippen molar-refractivity contribution < 1.29 is 22.7 Å². The molecular formula is C20H29N3O5S. The van der Waals surface area contributed by atoms with Crippen molar-refractivity contribution in [1.82, 2.24) is 14.5 Å². The Balaban J connectivity index is 1.89. The van der Waals surface area contributed by atoms with E-state index in [2.05, 4.69) is 5.32 Å². The number of ether oxygens (including phenoxy) is 1. The molecule has 1 aliphatic carbocycles. The molecule has 1 unspecified atom stereocenters. The van der Waals surface area contributed by atoms with Gasteiger partial charge in [0, 0.05) is 19.1 Å². The predicted molar refractivity (Wildman–Crippen MR) is 109 cm³/mol. The number of benzene rings is 1. The molecule has 29 heavy (non-hydrogen) atoms. The topological polar surface area (TPSA) is 96.0 Å². The van der Waals surface area contributed by atoms with Gasteiger partial charge in [-0.2, -0.15) is 4.31 Å². The highest BCUT2D eigenvalue weighted by molar-refractivity contribution is 7.88. The van der Waals surface area contributed by atoms with Gasteiger partial charge in [0.25, 0.3) is 0 Å². The first-order valence-corrected chi connectivity index (χ1v) is 11.7. The number of nitrogens with one attached hydrogen (secondary N) is 1. The Hall–Kier alpha value is -2.13. The number of carbonyl (C=O) groups is 2. The fraction of sp³-hybridized carbons (Fsp3) is 0.600. The molecule has 1 saturated carbocycles. The van der Waals surface area contributed by atoms with E-state index in [1.165, 1.54) is 4.90 Å². The van der Waals surface area contributed by atoms with Gasteiger partial charge in [-0.3, -0.25) is 9.59 Å². The molecule has 0 spiro atoms. The molecule has 1 aliphatic heterocycles. The Morgan fingerprint density at radius 1 is 1.24 bits per heavy atom. The third kappa shape index (κ3) is 4.72. The van der Waals surface area contributed by atoms with Crippen molar-refractivity contribution in [1.29, 1.82) is 0 Å². The van der Waals surface area contributed by atoms with E-state index in [4.69, 9.17) is 4.74 Å². The summed E-state index contributed by atoms with van der Waals surface area (Å²) in [5, 5.41) is 3.04. The van der Waals surface area contributed by atoms with Crippen LogP contribution in [0.1, 0.15) is 38.2 Å². The molecule has 1 aromatic carbocycles. The number of nitrogens with zero attached hydrogens (tertiary/aromatic N) is 2. The average Bonchev–Trinajstić information content (AvgIpc) is 3.17. The van der Waals surface area contributed by atoms with Gasteiger partial charge >= 0.3 is 0 Å². The van der Waals surface area contributed by atoms with Gasteiger partial charge in [0.15, 0.2) is 0 Å². The van der Waals surface area contributed by atoms with E-state index in [1.54, 1.807) is 26.2 Å². The van der Waals surface area contributed by atoms with Crippen LogP contribution in [0.3, 0.4) is 0 Å². The van der Waals surface area contributed by atoms with Crippen molar-refractivity contribution >= 4 is 21.8 Å². The second kappa shape index (κ2) is 8.31. The normalized spacial score (nSPS) is 24.0. The predicted octanol–water partition coefficient (Wildman–Crippen LogP) is 1.12. The monoisotopic (exact) mass is 423 g/mol. The van der Waals surface area contributed by atoms with Crippen LogP contribution in [0, 0.1) is 0 Å². The summed E-state index contributed by atoms with van der Waals surface area (Å²) < 4.78 is 30.5. The maximum absolute atomic E-state index is 13.2. The van der Waals surface area contributed by atoms with Gasteiger partial charge < -0.3 is 15.0 Å². The van der Waals surface area contributed by atoms with Crippen LogP contribution in [0.15, 0.2) is 24.3 Å². The molecular weight excluding hydrogens is 394 g/mol. The quantitative estimate of drug-likeness (QED) is 0.740. The maximum Gasteiger partial charge on any atom is 0.247 e. The molecule has 8 nitrogen and oxygen atoms in total. The lowest BCUT2D eigenvalue weighted by atomic mass is 9.94. The van der Waals surface area contributed by atoms with Gasteiger partial charge in [-0.1, -0.05) is 25.0 Å². The van der Waals surface area contributed by atoms with E-state index < -0.39 is 15.6 Å². The van der Waals surface area contributed by atoms with Crippen LogP contribution < -0.4 is 10.1 Å². The van der Waals surface area contributed by atoms with Crippen LogP contribution in [0.2, 0.25) is 0 Å². The molecule has 2 aliphatic rings. The van der Waals surface area contributed by atoms with Crippen LogP contribution in [-0.4, -0.2) is 67.5 Å². The van der Waals surface area contributed by atoms with E-state index in [9.17, 15) is 18.0 Å². The first kappa shape index (κ1) is 21.6. The summed E-state index contributed by atoms with van der Waals surface area (Å²) in [6.07, 6.45) is 5.00. The summed E-state index contributed by atoms with van der Waals surface area (Å²) in [4.78, 5) is 27.7. The van der Waals surface area contributed by atoms with E-state index in [0.29, 0.717) is 5.75 Å². The van der Waals surface area contributed by atoms with Gasteiger partial charge in [-0.05, 0) is 37.5 Å². The maximum atomic E-state index is 13.2. The Labute approximate surface area is 172 Å². The number of hydrogen-bond acceptors (Lipinski definition) is 5. The summed E-state index contributed by atoms with van der Waals surface area (Å²) in [5.74, 6) is 0.00453. The van der Waals surface area contributed by atoms with Crippen molar-refractivity contribution in [2.45, 2.75) is 50.7 Å². The lowest BCUT2D eigenvalue weighted by Crippen LogP contribution is -2.69. The summed E-state index contributed by atoms with van der Waals surface area (Å²) in [6, 6.07) is 7.34. The van der Waals surface area contributed by atoms with Gasteiger partial charge in [0.05, 0.1) is 19.9 Å². The fourth-order valence-corrected chi connectivity index (χ4v) is 4.84. The van der Waals surface area contributed by atoms with E-state index in [1.807, 2.05) is 12.1 Å². The lowest BCUT2D eigenvalue weighted by Gasteiger charge is -2.47. The van der Waals surface area contributed by atoms with Crippen LogP contribution >= 0.6 is 0 Å². The van der Waals surface area contributed by atoms with Crippen LogP contribution in [0.4, 0.5) is 0 Å². The second-order valence-electron chi connectivity index (χ2n) is 8.09. The van der Waals surface area contributed by atoms with E-state index in [0.717, 1.165) is 41.8 Å². The average molecular weight is 424 g/mol. The number of piperazine rings is 1. The number of rotatable bonds is 6. The Kier molecular flexibility index (Phi) is 6.19. The Bertz CT molecular complexity index is 865. The van der Waals surface area contributed by atoms with Crippen LogP contribution in [0.5, 0.6) is 5.75 Å². The van der Waals surface area contributed by atoms with Crippen LogP contribution in [-0.2, 0) is 26.2 Å². The molecule has 1 atom stereocenters. The van der Waals surface area contributed by atoms with Gasteiger partial charge in [0.1, 0.15) is 11.3 Å². The third-order valence-electron chi connectivity index (χ3n) is 5.84. The second-order valence-corrected chi connectivity index (χ2v) is 10.1.